The fourth-order valence-electron chi connectivity index (χ4n) is 3.62. The van der Waals surface area contributed by atoms with E-state index in [1.165, 1.54) is 12.0 Å². The Morgan fingerprint density at radius 3 is 2.59 bits per heavy atom. The number of hydrogen-bond acceptors (Lipinski definition) is 4. The van der Waals surface area contributed by atoms with Crippen molar-refractivity contribution in [2.45, 2.75) is 52.4 Å². The maximum absolute atomic E-state index is 12.5. The summed E-state index contributed by atoms with van der Waals surface area (Å²) in [5.74, 6) is 1.89. The van der Waals surface area contributed by atoms with E-state index in [-0.39, 0.29) is 5.91 Å². The van der Waals surface area contributed by atoms with Crippen molar-refractivity contribution in [3.05, 3.63) is 45.9 Å². The molecule has 4 nitrogen and oxygen atoms in total. The molecule has 146 valence electrons. The van der Waals surface area contributed by atoms with E-state index in [9.17, 15) is 4.79 Å². The second-order valence-electron chi connectivity index (χ2n) is 7.20. The fourth-order valence-corrected chi connectivity index (χ4v) is 4.36. The molecule has 0 N–H and O–H groups in total. The van der Waals surface area contributed by atoms with Crippen LogP contribution in [-0.4, -0.2) is 35.5 Å². The molecule has 3 rings (SSSR count). The topological polar surface area (TPSA) is 42.4 Å². The average molecular weight is 387 g/mol. The van der Waals surface area contributed by atoms with E-state index < -0.39 is 0 Å². The van der Waals surface area contributed by atoms with E-state index in [4.69, 9.17) is 4.74 Å². The van der Waals surface area contributed by atoms with Gasteiger partial charge in [-0.1, -0.05) is 19.1 Å². The number of carbonyl (C=O) groups excluding carboxylic acids is 1. The first-order valence-electron chi connectivity index (χ1n) is 10.1. The van der Waals surface area contributed by atoms with Gasteiger partial charge in [0.15, 0.2) is 0 Å². The van der Waals surface area contributed by atoms with Crippen LogP contribution in [0.4, 0.5) is 0 Å². The summed E-state index contributed by atoms with van der Waals surface area (Å²) in [6.07, 6.45) is 5.91. The van der Waals surface area contributed by atoms with E-state index in [2.05, 4.69) is 36.2 Å². The number of nitrogens with zero attached hydrogens (tertiary/aromatic N) is 2. The molecule has 0 unspecified atom stereocenters. The summed E-state index contributed by atoms with van der Waals surface area (Å²) in [4.78, 5) is 19.1. The first-order valence-corrected chi connectivity index (χ1v) is 11.0. The zero-order chi connectivity index (χ0) is 19.1. The van der Waals surface area contributed by atoms with Gasteiger partial charge in [-0.2, -0.15) is 0 Å². The average Bonchev–Trinajstić information content (AvgIpc) is 3.15. The van der Waals surface area contributed by atoms with Crippen LogP contribution in [0.2, 0.25) is 0 Å². The molecular weight excluding hydrogens is 356 g/mol. The molecule has 1 aromatic heterocycles. The van der Waals surface area contributed by atoms with Gasteiger partial charge < -0.3 is 9.64 Å². The summed E-state index contributed by atoms with van der Waals surface area (Å²) in [6, 6.07) is 8.45. The number of amides is 1. The van der Waals surface area contributed by atoms with Crippen LogP contribution in [0.5, 0.6) is 5.75 Å². The molecule has 0 atom stereocenters. The van der Waals surface area contributed by atoms with Gasteiger partial charge in [-0.3, -0.25) is 4.79 Å². The Morgan fingerprint density at radius 1 is 1.22 bits per heavy atom. The largest absolute Gasteiger partial charge is 0.494 e. The number of thiazole rings is 1. The second-order valence-corrected chi connectivity index (χ2v) is 8.15. The first-order chi connectivity index (χ1) is 13.2. The van der Waals surface area contributed by atoms with Crippen molar-refractivity contribution in [2.24, 2.45) is 5.92 Å². The zero-order valence-electron chi connectivity index (χ0n) is 16.4. The van der Waals surface area contributed by atoms with Crippen LogP contribution in [0.25, 0.3) is 0 Å². The summed E-state index contributed by atoms with van der Waals surface area (Å²) < 4.78 is 5.50. The molecule has 0 saturated carbocycles. The van der Waals surface area contributed by atoms with Crippen LogP contribution in [0.15, 0.2) is 29.6 Å². The van der Waals surface area contributed by atoms with Gasteiger partial charge in [0.2, 0.25) is 5.91 Å². The summed E-state index contributed by atoms with van der Waals surface area (Å²) >= 11 is 1.66. The van der Waals surface area contributed by atoms with Crippen molar-refractivity contribution in [2.75, 3.05) is 19.7 Å². The predicted molar refractivity (Wildman–Crippen MR) is 110 cm³/mol. The predicted octanol–water partition coefficient (Wildman–Crippen LogP) is 4.52. The number of piperidine rings is 1. The molecule has 27 heavy (non-hydrogen) atoms. The highest BCUT2D eigenvalue weighted by Gasteiger charge is 2.23. The number of likely N-dealkylation sites (tertiary alicyclic amines) is 1. The monoisotopic (exact) mass is 386 g/mol. The quantitative estimate of drug-likeness (QED) is 0.670. The van der Waals surface area contributed by atoms with Crippen molar-refractivity contribution in [1.29, 1.82) is 0 Å². The van der Waals surface area contributed by atoms with Crippen LogP contribution in [0.3, 0.4) is 0 Å². The number of benzene rings is 1. The van der Waals surface area contributed by atoms with Gasteiger partial charge in [0.05, 0.1) is 23.7 Å². The van der Waals surface area contributed by atoms with E-state index in [0.717, 1.165) is 55.2 Å². The lowest BCUT2D eigenvalue weighted by Gasteiger charge is -2.32. The molecule has 1 aromatic carbocycles. The minimum absolute atomic E-state index is 0.230. The molecule has 0 bridgehead atoms. The third-order valence-electron chi connectivity index (χ3n) is 5.28. The third kappa shape index (κ3) is 5.80. The van der Waals surface area contributed by atoms with Gasteiger partial charge in [0.1, 0.15) is 5.75 Å². The number of rotatable bonds is 8. The Hall–Kier alpha value is -1.88. The molecule has 0 radical (unpaired) electrons. The molecular formula is C22H30N2O2S. The minimum Gasteiger partial charge on any atom is -0.494 e. The van der Waals surface area contributed by atoms with Gasteiger partial charge >= 0.3 is 0 Å². The van der Waals surface area contributed by atoms with E-state index in [0.29, 0.717) is 18.9 Å². The highest BCUT2D eigenvalue weighted by atomic mass is 32.1. The van der Waals surface area contributed by atoms with Gasteiger partial charge in [-0.05, 0) is 62.6 Å². The van der Waals surface area contributed by atoms with Gasteiger partial charge in [0.25, 0.3) is 0 Å². The van der Waals surface area contributed by atoms with Crippen molar-refractivity contribution in [3.63, 3.8) is 0 Å². The second kappa shape index (κ2) is 9.88. The summed E-state index contributed by atoms with van der Waals surface area (Å²) in [5, 5.41) is 3.14. The first kappa shape index (κ1) is 19.9. The van der Waals surface area contributed by atoms with Crippen LogP contribution < -0.4 is 4.74 Å². The Bertz CT molecular complexity index is 718. The summed E-state index contributed by atoms with van der Waals surface area (Å²) in [5.41, 5.74) is 2.30. The number of hydrogen-bond donors (Lipinski definition) is 0. The lowest BCUT2D eigenvalue weighted by Crippen LogP contribution is -2.39. The molecule has 5 heteroatoms. The highest BCUT2D eigenvalue weighted by molar-refractivity contribution is 7.09. The number of carbonyl (C=O) groups is 1. The maximum Gasteiger partial charge on any atom is 0.228 e. The Balaban J connectivity index is 1.39. The fraction of sp³-hybridized carbons (Fsp3) is 0.545. The van der Waals surface area contributed by atoms with Gasteiger partial charge in [-0.15, -0.1) is 11.3 Å². The zero-order valence-corrected chi connectivity index (χ0v) is 17.3. The molecule has 1 aliphatic heterocycles. The highest BCUT2D eigenvalue weighted by Crippen LogP contribution is 2.24. The molecule has 0 aliphatic carbocycles. The summed E-state index contributed by atoms with van der Waals surface area (Å²) in [6.45, 7) is 6.58. The molecule has 2 heterocycles. The number of aryl methyl sites for hydroxylation is 2. The lowest BCUT2D eigenvalue weighted by atomic mass is 9.90. The van der Waals surface area contributed by atoms with E-state index in [1.54, 1.807) is 11.3 Å². The van der Waals surface area contributed by atoms with Crippen molar-refractivity contribution in [1.82, 2.24) is 9.88 Å². The van der Waals surface area contributed by atoms with Crippen molar-refractivity contribution < 1.29 is 9.53 Å². The molecule has 1 fully saturated rings. The molecule has 1 aliphatic rings. The minimum atomic E-state index is 0.230. The van der Waals surface area contributed by atoms with Crippen LogP contribution >= 0.6 is 11.3 Å². The van der Waals surface area contributed by atoms with Gasteiger partial charge in [-0.25, -0.2) is 4.98 Å². The Labute approximate surface area is 166 Å². The SMILES string of the molecule is CCOc1ccc(CCC2CCN(C(=O)Cc3csc(CC)n3)CC2)cc1. The third-order valence-corrected chi connectivity index (χ3v) is 6.32. The van der Waals surface area contributed by atoms with Crippen LogP contribution in [-0.2, 0) is 24.1 Å². The lowest BCUT2D eigenvalue weighted by molar-refractivity contribution is -0.131. The smallest absolute Gasteiger partial charge is 0.228 e. The van der Waals surface area contributed by atoms with Gasteiger partial charge in [0, 0.05) is 18.5 Å². The maximum atomic E-state index is 12.5. The molecule has 2 aromatic rings. The van der Waals surface area contributed by atoms with Crippen LogP contribution in [0.1, 0.15) is 49.4 Å². The molecule has 1 saturated heterocycles. The van der Waals surface area contributed by atoms with Crippen molar-refractivity contribution >= 4 is 17.2 Å². The Kier molecular flexibility index (Phi) is 7.27. The standard InChI is InChI=1S/C22H30N2O2S/c1-3-21-23-19(16-27-21)15-22(25)24-13-11-18(12-14-24)6-5-17-7-9-20(10-8-17)26-4-2/h7-10,16,18H,3-6,11-15H2,1-2H3. The van der Waals surface area contributed by atoms with E-state index in [1.807, 2.05) is 17.2 Å². The molecule has 0 spiro atoms. The van der Waals surface area contributed by atoms with Crippen molar-refractivity contribution in [3.8, 4) is 5.75 Å². The number of aromatic nitrogens is 1. The Morgan fingerprint density at radius 2 is 1.96 bits per heavy atom. The summed E-state index contributed by atoms with van der Waals surface area (Å²) in [7, 11) is 0. The number of ether oxygens (including phenoxy) is 1. The normalized spacial score (nSPS) is 15.1. The molecule has 1 amide bonds. The van der Waals surface area contributed by atoms with Crippen LogP contribution in [0, 0.1) is 5.92 Å². The van der Waals surface area contributed by atoms with E-state index >= 15 is 0 Å².